The highest BCUT2D eigenvalue weighted by molar-refractivity contribution is 6.54. The molecular formula is C24H25Cl2N3O4. The van der Waals surface area contributed by atoms with E-state index in [4.69, 9.17) is 27.9 Å². The molecule has 7 nitrogen and oxygen atoms in total. The zero-order valence-electron chi connectivity index (χ0n) is 18.3. The van der Waals surface area contributed by atoms with Gasteiger partial charge in [0.15, 0.2) is 4.84 Å². The third-order valence-electron chi connectivity index (χ3n) is 5.00. The van der Waals surface area contributed by atoms with Crippen LogP contribution in [0.5, 0.6) is 0 Å². The minimum absolute atomic E-state index is 0.182. The van der Waals surface area contributed by atoms with Gasteiger partial charge in [0.2, 0.25) is 0 Å². The van der Waals surface area contributed by atoms with E-state index in [-0.39, 0.29) is 12.6 Å². The van der Waals surface area contributed by atoms with Crippen molar-refractivity contribution in [1.82, 2.24) is 10.2 Å². The zero-order chi connectivity index (χ0) is 24.0. The number of carbonyl (C=O) groups excluding carboxylic acids is 3. The van der Waals surface area contributed by atoms with Gasteiger partial charge in [0.25, 0.3) is 5.91 Å². The number of rotatable bonds is 8. The van der Waals surface area contributed by atoms with Crippen LogP contribution in [0.3, 0.4) is 0 Å². The monoisotopic (exact) mass is 489 g/mol. The van der Waals surface area contributed by atoms with Crippen LogP contribution in [0.4, 0.5) is 10.5 Å². The van der Waals surface area contributed by atoms with E-state index < -0.39 is 22.8 Å². The molecule has 0 bridgehead atoms. The molecule has 9 heteroatoms. The maximum Gasteiger partial charge on any atom is 0.338 e. The summed E-state index contributed by atoms with van der Waals surface area (Å²) in [6.45, 7) is 4.29. The fourth-order valence-corrected chi connectivity index (χ4v) is 3.78. The molecule has 1 aliphatic heterocycles. The summed E-state index contributed by atoms with van der Waals surface area (Å²) in [5, 5.41) is 5.54. The highest BCUT2D eigenvalue weighted by Gasteiger charge is 2.38. The third-order valence-corrected chi connectivity index (χ3v) is 5.40. The maximum absolute atomic E-state index is 13.2. The molecule has 0 aliphatic carbocycles. The lowest BCUT2D eigenvalue weighted by Gasteiger charge is -2.37. The number of amides is 3. The fraction of sp³-hybridized carbons (Fsp3) is 0.292. The molecule has 0 saturated carbocycles. The van der Waals surface area contributed by atoms with Crippen LogP contribution < -0.4 is 10.6 Å². The van der Waals surface area contributed by atoms with Crippen molar-refractivity contribution in [1.29, 1.82) is 0 Å². The molecule has 0 radical (unpaired) electrons. The molecule has 1 heterocycles. The second kappa shape index (κ2) is 11.2. The van der Waals surface area contributed by atoms with Crippen LogP contribution in [0, 0.1) is 0 Å². The second-order valence-electron chi connectivity index (χ2n) is 7.30. The maximum atomic E-state index is 13.2. The van der Waals surface area contributed by atoms with Gasteiger partial charge in [-0.1, -0.05) is 72.6 Å². The van der Waals surface area contributed by atoms with Crippen LogP contribution in [0.25, 0.3) is 5.70 Å². The van der Waals surface area contributed by atoms with Crippen molar-refractivity contribution in [2.45, 2.75) is 31.1 Å². The number of carbonyl (C=O) groups is 3. The highest BCUT2D eigenvalue weighted by atomic mass is 35.5. The first-order valence-corrected chi connectivity index (χ1v) is 11.5. The fourth-order valence-electron chi connectivity index (χ4n) is 3.67. The Balaban J connectivity index is 2.18. The molecule has 33 heavy (non-hydrogen) atoms. The predicted molar refractivity (Wildman–Crippen MR) is 129 cm³/mol. The number of alkyl halides is 2. The Hall–Kier alpha value is -3.03. The summed E-state index contributed by atoms with van der Waals surface area (Å²) in [5.74, 6) is -1.11. The Morgan fingerprint density at radius 2 is 1.85 bits per heavy atom. The predicted octanol–water partition coefficient (Wildman–Crippen LogP) is 4.88. The quantitative estimate of drug-likeness (QED) is 0.408. The number of anilines is 1. The molecule has 0 aromatic heterocycles. The number of urea groups is 1. The second-order valence-corrected chi connectivity index (χ2v) is 8.39. The molecule has 1 unspecified atom stereocenters. The van der Waals surface area contributed by atoms with Crippen LogP contribution in [-0.4, -0.2) is 40.8 Å². The topological polar surface area (TPSA) is 87.7 Å². The van der Waals surface area contributed by atoms with Crippen molar-refractivity contribution in [3.8, 4) is 0 Å². The molecule has 0 saturated heterocycles. The summed E-state index contributed by atoms with van der Waals surface area (Å²) in [5.41, 5.74) is 2.56. The van der Waals surface area contributed by atoms with Crippen LogP contribution in [0.2, 0.25) is 0 Å². The number of esters is 1. The van der Waals surface area contributed by atoms with Crippen LogP contribution >= 0.6 is 23.2 Å². The number of hydrogen-bond acceptors (Lipinski definition) is 4. The summed E-state index contributed by atoms with van der Waals surface area (Å²) in [6.07, 6.45) is 0.698. The summed E-state index contributed by atoms with van der Waals surface area (Å²) < 4.78 is 5.39. The minimum Gasteiger partial charge on any atom is -0.463 e. The molecule has 1 atom stereocenters. The summed E-state index contributed by atoms with van der Waals surface area (Å²) in [6, 6.07) is 14.9. The SMILES string of the molecule is CCCN1C(=O)NC(c2cccc(NC(=O)C(Cl)Cl)c2)C(C(=O)OCC)=C1c1ccccc1. The van der Waals surface area contributed by atoms with Gasteiger partial charge < -0.3 is 15.4 Å². The third kappa shape index (κ3) is 5.67. The molecule has 0 fully saturated rings. The Bertz CT molecular complexity index is 1060. The summed E-state index contributed by atoms with van der Waals surface area (Å²) in [7, 11) is 0. The van der Waals surface area contributed by atoms with Crippen molar-refractivity contribution in [3.63, 3.8) is 0 Å². The molecule has 2 aromatic carbocycles. The van der Waals surface area contributed by atoms with E-state index in [1.807, 2.05) is 37.3 Å². The number of halogens is 2. The molecular weight excluding hydrogens is 465 g/mol. The first kappa shape index (κ1) is 24.6. The number of benzene rings is 2. The molecule has 3 amide bonds. The highest BCUT2D eigenvalue weighted by Crippen LogP contribution is 2.37. The van der Waals surface area contributed by atoms with Crippen molar-refractivity contribution >= 4 is 52.5 Å². The average molecular weight is 490 g/mol. The molecule has 0 spiro atoms. The van der Waals surface area contributed by atoms with E-state index in [2.05, 4.69) is 10.6 Å². The van der Waals surface area contributed by atoms with Crippen molar-refractivity contribution in [2.24, 2.45) is 0 Å². The first-order chi connectivity index (χ1) is 15.9. The standard InChI is InChI=1S/C24H25Cl2N3O4/c1-3-13-29-20(15-9-6-5-7-10-15)18(23(31)33-4-2)19(28-24(29)32)16-11-8-12-17(14-16)27-22(30)21(25)26/h5-12,14,19,21H,3-4,13H2,1-2H3,(H,27,30)(H,28,32). The molecule has 3 rings (SSSR count). The van der Waals surface area contributed by atoms with Gasteiger partial charge in [-0.15, -0.1) is 0 Å². The van der Waals surface area contributed by atoms with Crippen LogP contribution in [0.15, 0.2) is 60.2 Å². The van der Waals surface area contributed by atoms with E-state index >= 15 is 0 Å². The number of nitrogens with zero attached hydrogens (tertiary/aromatic N) is 1. The molecule has 1 aliphatic rings. The van der Waals surface area contributed by atoms with Gasteiger partial charge >= 0.3 is 12.0 Å². The molecule has 2 aromatic rings. The Morgan fingerprint density at radius 3 is 2.48 bits per heavy atom. The van der Waals surface area contributed by atoms with E-state index in [9.17, 15) is 14.4 Å². The van der Waals surface area contributed by atoms with Crippen molar-refractivity contribution in [2.75, 3.05) is 18.5 Å². The van der Waals surface area contributed by atoms with Crippen molar-refractivity contribution < 1.29 is 19.1 Å². The van der Waals surface area contributed by atoms with E-state index in [0.29, 0.717) is 35.5 Å². The largest absolute Gasteiger partial charge is 0.463 e. The van der Waals surface area contributed by atoms with E-state index in [1.54, 1.807) is 36.1 Å². The van der Waals surface area contributed by atoms with Gasteiger partial charge in [-0.3, -0.25) is 9.69 Å². The van der Waals surface area contributed by atoms with Gasteiger partial charge in [-0.25, -0.2) is 9.59 Å². The Labute approximate surface area is 202 Å². The Morgan fingerprint density at radius 1 is 1.12 bits per heavy atom. The zero-order valence-corrected chi connectivity index (χ0v) is 19.8. The lowest BCUT2D eigenvalue weighted by atomic mass is 9.91. The van der Waals surface area contributed by atoms with Crippen LogP contribution in [0.1, 0.15) is 37.4 Å². The lowest BCUT2D eigenvalue weighted by molar-refractivity contribution is -0.139. The Kier molecular flexibility index (Phi) is 8.36. The lowest BCUT2D eigenvalue weighted by Crippen LogP contribution is -2.48. The number of hydrogen-bond donors (Lipinski definition) is 2. The minimum atomic E-state index is -1.23. The summed E-state index contributed by atoms with van der Waals surface area (Å²) in [4.78, 5) is 38.6. The van der Waals surface area contributed by atoms with Crippen LogP contribution in [-0.2, 0) is 14.3 Å². The van der Waals surface area contributed by atoms with Gasteiger partial charge in [-0.05, 0) is 36.6 Å². The van der Waals surface area contributed by atoms with Gasteiger partial charge in [0.05, 0.1) is 23.9 Å². The van der Waals surface area contributed by atoms with Gasteiger partial charge in [0.1, 0.15) is 0 Å². The average Bonchev–Trinajstić information content (AvgIpc) is 2.80. The van der Waals surface area contributed by atoms with E-state index in [0.717, 1.165) is 5.56 Å². The number of ether oxygens (including phenoxy) is 1. The van der Waals surface area contributed by atoms with E-state index in [1.165, 1.54) is 0 Å². The summed E-state index contributed by atoms with van der Waals surface area (Å²) >= 11 is 11.3. The first-order valence-electron chi connectivity index (χ1n) is 10.6. The smallest absolute Gasteiger partial charge is 0.338 e. The number of nitrogens with one attached hydrogen (secondary N) is 2. The molecule has 2 N–H and O–H groups in total. The van der Waals surface area contributed by atoms with Gasteiger partial charge in [0, 0.05) is 12.2 Å². The normalized spacial score (nSPS) is 16.0. The molecule has 174 valence electrons. The van der Waals surface area contributed by atoms with Gasteiger partial charge in [-0.2, -0.15) is 0 Å². The van der Waals surface area contributed by atoms with Crippen molar-refractivity contribution in [3.05, 3.63) is 71.3 Å².